The summed E-state index contributed by atoms with van der Waals surface area (Å²) >= 11 is 0. The molecule has 0 spiro atoms. The molecule has 1 aliphatic heterocycles. The Kier molecular flexibility index (Phi) is 8.45. The Morgan fingerprint density at radius 3 is 2.62 bits per heavy atom. The van der Waals surface area contributed by atoms with Crippen molar-refractivity contribution in [1.82, 2.24) is 10.2 Å². The zero-order chi connectivity index (χ0) is 20.1. The molecule has 3 rings (SSSR count). The maximum atomic E-state index is 13.5. The van der Waals surface area contributed by atoms with Crippen molar-refractivity contribution in [2.45, 2.75) is 44.8 Å². The van der Waals surface area contributed by atoms with Crippen LogP contribution in [0.4, 0.5) is 4.39 Å². The van der Waals surface area contributed by atoms with Crippen molar-refractivity contribution in [3.63, 3.8) is 0 Å². The van der Waals surface area contributed by atoms with E-state index in [1.807, 2.05) is 13.0 Å². The third-order valence-electron chi connectivity index (χ3n) is 5.21. The first-order valence-corrected chi connectivity index (χ1v) is 9.56. The van der Waals surface area contributed by atoms with Crippen molar-refractivity contribution in [3.05, 3.63) is 71.0 Å². The normalized spacial score (nSPS) is 17.8. The van der Waals surface area contributed by atoms with Gasteiger partial charge in [-0.1, -0.05) is 30.7 Å². The molecule has 2 N–H and O–H groups in total. The molecule has 1 aliphatic rings. The Bertz CT molecular complexity index is 851. The Morgan fingerprint density at radius 1 is 1.24 bits per heavy atom. The monoisotopic (exact) mass is 392 g/mol. The van der Waals surface area contributed by atoms with Gasteiger partial charge in [-0.15, -0.1) is 0 Å². The van der Waals surface area contributed by atoms with Gasteiger partial charge in [0.05, 0.1) is 17.6 Å². The molecule has 1 saturated heterocycles. The van der Waals surface area contributed by atoms with Crippen LogP contribution in [0.5, 0.6) is 0 Å². The van der Waals surface area contributed by atoms with Crippen molar-refractivity contribution in [2.75, 3.05) is 6.54 Å². The van der Waals surface area contributed by atoms with Crippen LogP contribution in [0, 0.1) is 5.82 Å². The molecule has 2 aromatic carbocycles. The second-order valence-electron chi connectivity index (χ2n) is 7.27. The molecule has 0 saturated carbocycles. The molecule has 0 radical (unpaired) electrons. The molecule has 29 heavy (non-hydrogen) atoms. The summed E-state index contributed by atoms with van der Waals surface area (Å²) in [6.45, 7) is 3.22. The van der Waals surface area contributed by atoms with Gasteiger partial charge in [0.1, 0.15) is 5.82 Å². The number of nitrogens with one attached hydrogen (secondary N) is 1. The van der Waals surface area contributed by atoms with Crippen molar-refractivity contribution < 1.29 is 39.4 Å². The number of carboxylic acid groups (broad SMARTS) is 1. The summed E-state index contributed by atoms with van der Waals surface area (Å²) in [7, 11) is 0. The number of carboxylic acids is 1. The number of likely N-dealkylation sites (tertiary alicyclic amines) is 1. The summed E-state index contributed by atoms with van der Waals surface area (Å²) in [5.41, 5.74) is 1.93. The number of nitrogens with zero attached hydrogens (tertiary/aromatic N) is 1. The molecule has 7 heteroatoms. The molecular formula is C22H26FLiN2O3. The first-order chi connectivity index (χ1) is 13.4. The average molecular weight is 392 g/mol. The fourth-order valence-electron chi connectivity index (χ4n) is 3.65. The molecule has 1 fully saturated rings. The van der Waals surface area contributed by atoms with Crippen molar-refractivity contribution in [3.8, 4) is 0 Å². The number of carbonyl (C=O) groups is 2. The van der Waals surface area contributed by atoms with E-state index < -0.39 is 5.97 Å². The molecule has 0 unspecified atom stereocenters. The largest absolute Gasteiger partial charge is 1.00 e. The number of rotatable bonds is 6. The van der Waals surface area contributed by atoms with Crippen molar-refractivity contribution in [2.24, 2.45) is 0 Å². The van der Waals surface area contributed by atoms with E-state index in [1.54, 1.807) is 18.2 Å². The Morgan fingerprint density at radius 2 is 1.97 bits per heavy atom. The van der Waals surface area contributed by atoms with Gasteiger partial charge in [0, 0.05) is 6.54 Å². The Labute approximate surface area is 184 Å². The number of aromatic carboxylic acids is 1. The first-order valence-electron chi connectivity index (χ1n) is 9.56. The van der Waals surface area contributed by atoms with Crippen LogP contribution >= 0.6 is 0 Å². The van der Waals surface area contributed by atoms with Gasteiger partial charge < -0.3 is 11.8 Å². The standard InChI is InChI=1S/C22H25FN2O3.Li.H/c1-15(17-8-10-18(11-9-17)22(27)28)24-21(26)20-7-2-3-12-25(20)14-16-5-4-6-19(23)13-16;;/h4-6,8-11,13,15,20H,2-3,7,12,14H2,1H3,(H,24,26)(H,27,28);;/q;+1;-1/t15-,20+;;/m0../s1. The SMILES string of the molecule is C[C@H](NC(=O)[C@H]1CCCCN1Cc1cccc(F)c1)c1ccc(C(=O)O)cc1.[H-].[Li+]. The minimum atomic E-state index is -0.974. The van der Waals surface area contributed by atoms with Crippen LogP contribution in [0.3, 0.4) is 0 Å². The second kappa shape index (κ2) is 10.6. The van der Waals surface area contributed by atoms with Crippen LogP contribution in [-0.2, 0) is 11.3 Å². The number of hydrogen-bond donors (Lipinski definition) is 2. The molecule has 150 valence electrons. The number of benzene rings is 2. The van der Waals surface area contributed by atoms with Gasteiger partial charge >= 0.3 is 24.8 Å². The summed E-state index contributed by atoms with van der Waals surface area (Å²) in [5.74, 6) is -1.29. The van der Waals surface area contributed by atoms with Crippen molar-refractivity contribution in [1.29, 1.82) is 0 Å². The third-order valence-corrected chi connectivity index (χ3v) is 5.21. The van der Waals surface area contributed by atoms with E-state index >= 15 is 0 Å². The van der Waals surface area contributed by atoms with Gasteiger partial charge in [0.25, 0.3) is 0 Å². The molecule has 0 aromatic heterocycles. The van der Waals surface area contributed by atoms with E-state index in [9.17, 15) is 14.0 Å². The first kappa shape index (κ1) is 23.1. The van der Waals surface area contributed by atoms with E-state index in [1.165, 1.54) is 24.3 Å². The van der Waals surface area contributed by atoms with Crippen LogP contribution in [-0.4, -0.2) is 34.5 Å². The predicted molar refractivity (Wildman–Crippen MR) is 106 cm³/mol. The minimum Gasteiger partial charge on any atom is -1.00 e. The second-order valence-corrected chi connectivity index (χ2v) is 7.27. The van der Waals surface area contributed by atoms with E-state index in [2.05, 4.69) is 10.2 Å². The minimum absolute atomic E-state index is 0. The predicted octanol–water partition coefficient (Wildman–Crippen LogP) is 0.872. The van der Waals surface area contributed by atoms with Crippen LogP contribution in [0.1, 0.15) is 55.1 Å². The number of hydrogen-bond acceptors (Lipinski definition) is 3. The fraction of sp³-hybridized carbons (Fsp3) is 0.364. The fourth-order valence-corrected chi connectivity index (χ4v) is 3.65. The summed E-state index contributed by atoms with van der Waals surface area (Å²) in [6, 6.07) is 12.5. The topological polar surface area (TPSA) is 69.6 Å². The summed E-state index contributed by atoms with van der Waals surface area (Å²) in [6.07, 6.45) is 2.77. The number of halogens is 1. The molecule has 1 heterocycles. The number of carbonyl (C=O) groups excluding carboxylic acids is 1. The molecule has 1 amide bonds. The van der Waals surface area contributed by atoms with Gasteiger partial charge in [0.2, 0.25) is 5.91 Å². The van der Waals surface area contributed by atoms with Gasteiger partial charge in [-0.3, -0.25) is 9.69 Å². The van der Waals surface area contributed by atoms with Gasteiger partial charge in [0.15, 0.2) is 0 Å². The maximum Gasteiger partial charge on any atom is 1.00 e. The average Bonchev–Trinajstić information content (AvgIpc) is 2.68. The Balaban J connectivity index is 0.00000225. The van der Waals surface area contributed by atoms with Gasteiger partial charge in [-0.05, 0) is 61.7 Å². The van der Waals surface area contributed by atoms with Crippen LogP contribution in [0.15, 0.2) is 48.5 Å². The van der Waals surface area contributed by atoms with Crippen molar-refractivity contribution >= 4 is 11.9 Å². The smallest absolute Gasteiger partial charge is 1.00 e. The van der Waals surface area contributed by atoms with Gasteiger partial charge in [-0.2, -0.15) is 0 Å². The number of amides is 1. The Hall–Kier alpha value is -2.13. The summed E-state index contributed by atoms with van der Waals surface area (Å²) < 4.78 is 13.5. The summed E-state index contributed by atoms with van der Waals surface area (Å²) in [4.78, 5) is 26.0. The van der Waals surface area contributed by atoms with Gasteiger partial charge in [-0.25, -0.2) is 9.18 Å². The van der Waals surface area contributed by atoms with E-state index in [0.29, 0.717) is 6.54 Å². The van der Waals surface area contributed by atoms with E-state index in [4.69, 9.17) is 5.11 Å². The maximum absolute atomic E-state index is 13.5. The zero-order valence-corrected chi connectivity index (χ0v) is 16.9. The van der Waals surface area contributed by atoms with E-state index in [0.717, 1.165) is 36.9 Å². The van der Waals surface area contributed by atoms with Crippen LogP contribution < -0.4 is 24.2 Å². The molecule has 0 bridgehead atoms. The molecule has 5 nitrogen and oxygen atoms in total. The van der Waals surface area contributed by atoms with Crippen LogP contribution in [0.2, 0.25) is 0 Å². The third kappa shape index (κ3) is 6.17. The van der Waals surface area contributed by atoms with E-state index in [-0.39, 0.29) is 49.7 Å². The van der Waals surface area contributed by atoms with Crippen LogP contribution in [0.25, 0.3) is 0 Å². The molecule has 2 aromatic rings. The quantitative estimate of drug-likeness (QED) is 0.716. The summed E-state index contributed by atoms with van der Waals surface area (Å²) in [5, 5.41) is 12.0. The zero-order valence-electron chi connectivity index (χ0n) is 17.9. The molecular weight excluding hydrogens is 366 g/mol. The number of piperidine rings is 1. The molecule has 0 aliphatic carbocycles. The molecule has 2 atom stereocenters.